The van der Waals surface area contributed by atoms with Gasteiger partial charge in [0.25, 0.3) is 0 Å². The number of hydrogen-bond donors (Lipinski definition) is 2. The van der Waals surface area contributed by atoms with Crippen LogP contribution in [-0.4, -0.2) is 24.2 Å². The highest BCUT2D eigenvalue weighted by molar-refractivity contribution is 14.0. The van der Waals surface area contributed by atoms with Crippen LogP contribution in [0.2, 0.25) is 0 Å². The molecule has 0 radical (unpaired) electrons. The van der Waals surface area contributed by atoms with E-state index in [1.165, 1.54) is 6.07 Å². The van der Waals surface area contributed by atoms with E-state index in [0.29, 0.717) is 19.0 Å². The van der Waals surface area contributed by atoms with Crippen LogP contribution in [0.3, 0.4) is 0 Å². The Hall–Kier alpha value is -1.87. The van der Waals surface area contributed by atoms with Crippen LogP contribution in [0.1, 0.15) is 16.7 Å². The summed E-state index contributed by atoms with van der Waals surface area (Å²) in [5.41, 5.74) is 4.17. The molecule has 0 bridgehead atoms. The average Bonchev–Trinajstić information content (AvgIpc) is 2.69. The number of guanidine groups is 1. The lowest BCUT2D eigenvalue weighted by Crippen LogP contribution is -2.36. The summed E-state index contributed by atoms with van der Waals surface area (Å²) in [6.45, 7) is 1.21. The summed E-state index contributed by atoms with van der Waals surface area (Å²) >= 11 is 1.68. The summed E-state index contributed by atoms with van der Waals surface area (Å²) in [5, 5.41) is 7.76. The Kier molecular flexibility index (Phi) is 8.98. The molecular weight excluding hydrogens is 486 g/mol. The molecule has 3 rings (SSSR count). The molecule has 0 aliphatic rings. The first-order valence-corrected chi connectivity index (χ1v) is 10.1. The monoisotopic (exact) mass is 510 g/mol. The molecular formula is C21H24FIN4S. The molecule has 3 aromatic rings. The van der Waals surface area contributed by atoms with Crippen molar-refractivity contribution in [3.63, 3.8) is 0 Å². The highest BCUT2D eigenvalue weighted by Crippen LogP contribution is 2.17. The zero-order valence-electron chi connectivity index (χ0n) is 15.9. The third-order valence-corrected chi connectivity index (χ3v) is 4.90. The summed E-state index contributed by atoms with van der Waals surface area (Å²) in [6, 6.07) is 15.1. The second-order valence-electron chi connectivity index (χ2n) is 6.12. The molecule has 0 atom stereocenters. The van der Waals surface area contributed by atoms with E-state index in [1.54, 1.807) is 31.1 Å². The molecule has 4 nitrogen and oxygen atoms in total. The van der Waals surface area contributed by atoms with Crippen molar-refractivity contribution in [3.05, 3.63) is 77.2 Å². The van der Waals surface area contributed by atoms with Gasteiger partial charge in [0.1, 0.15) is 5.82 Å². The average molecular weight is 510 g/mol. The zero-order chi connectivity index (χ0) is 19.1. The largest absolute Gasteiger partial charge is 0.352 e. The molecule has 2 aromatic carbocycles. The van der Waals surface area contributed by atoms with Gasteiger partial charge in [-0.3, -0.25) is 9.98 Å². The van der Waals surface area contributed by atoms with Gasteiger partial charge < -0.3 is 10.6 Å². The van der Waals surface area contributed by atoms with Crippen molar-refractivity contribution in [3.8, 4) is 0 Å². The number of nitrogens with one attached hydrogen (secondary N) is 2. The minimum Gasteiger partial charge on any atom is -0.352 e. The molecule has 0 saturated carbocycles. The Labute approximate surface area is 186 Å². The van der Waals surface area contributed by atoms with Gasteiger partial charge in [0.05, 0.1) is 5.52 Å². The Morgan fingerprint density at radius 1 is 1.04 bits per heavy atom. The molecule has 0 unspecified atom stereocenters. The SMILES string of the molecule is CN=C(NCc1ccc(F)cc1CSC)NCc1cccc2cccnc12.I. The first-order valence-electron chi connectivity index (χ1n) is 8.74. The molecule has 0 fully saturated rings. The highest BCUT2D eigenvalue weighted by atomic mass is 127. The first kappa shape index (κ1) is 22.4. The number of aliphatic imine (C=N–C) groups is 1. The van der Waals surface area contributed by atoms with Crippen molar-refractivity contribution in [2.24, 2.45) is 4.99 Å². The Balaban J connectivity index is 0.00000280. The van der Waals surface area contributed by atoms with Crippen LogP contribution < -0.4 is 10.6 Å². The van der Waals surface area contributed by atoms with E-state index in [2.05, 4.69) is 38.8 Å². The van der Waals surface area contributed by atoms with Gasteiger partial charge in [0.15, 0.2) is 5.96 Å². The highest BCUT2D eigenvalue weighted by Gasteiger charge is 2.07. The number of hydrogen-bond acceptors (Lipinski definition) is 3. The topological polar surface area (TPSA) is 49.3 Å². The van der Waals surface area contributed by atoms with Crippen molar-refractivity contribution < 1.29 is 4.39 Å². The number of aromatic nitrogens is 1. The van der Waals surface area contributed by atoms with Gasteiger partial charge in [0.2, 0.25) is 0 Å². The van der Waals surface area contributed by atoms with Crippen molar-refractivity contribution in [2.45, 2.75) is 18.8 Å². The molecule has 7 heteroatoms. The quantitative estimate of drug-likeness (QED) is 0.286. The maximum atomic E-state index is 13.5. The smallest absolute Gasteiger partial charge is 0.191 e. The molecule has 28 heavy (non-hydrogen) atoms. The van der Waals surface area contributed by atoms with Crippen LogP contribution in [0.25, 0.3) is 10.9 Å². The van der Waals surface area contributed by atoms with E-state index >= 15 is 0 Å². The van der Waals surface area contributed by atoms with E-state index < -0.39 is 0 Å². The minimum absolute atomic E-state index is 0. The lowest BCUT2D eigenvalue weighted by molar-refractivity contribution is 0.625. The molecule has 148 valence electrons. The predicted octanol–water partition coefficient (Wildman–Crippen LogP) is 4.72. The first-order chi connectivity index (χ1) is 13.2. The lowest BCUT2D eigenvalue weighted by Gasteiger charge is -2.15. The van der Waals surface area contributed by atoms with Crippen molar-refractivity contribution in [1.29, 1.82) is 0 Å². The van der Waals surface area contributed by atoms with Gasteiger partial charge in [-0.25, -0.2) is 4.39 Å². The maximum absolute atomic E-state index is 13.5. The fourth-order valence-electron chi connectivity index (χ4n) is 2.95. The van der Waals surface area contributed by atoms with Gasteiger partial charge in [-0.05, 0) is 41.1 Å². The number of benzene rings is 2. The number of fused-ring (bicyclic) bond motifs is 1. The lowest BCUT2D eigenvalue weighted by atomic mass is 10.1. The Morgan fingerprint density at radius 3 is 2.54 bits per heavy atom. The number of para-hydroxylation sites is 1. The van der Waals surface area contributed by atoms with Gasteiger partial charge in [-0.1, -0.05) is 30.3 Å². The van der Waals surface area contributed by atoms with Gasteiger partial charge in [-0.2, -0.15) is 11.8 Å². The molecule has 0 aliphatic heterocycles. The summed E-state index contributed by atoms with van der Waals surface area (Å²) in [7, 11) is 1.74. The third kappa shape index (κ3) is 5.81. The molecule has 0 aliphatic carbocycles. The van der Waals surface area contributed by atoms with Gasteiger partial charge >= 0.3 is 0 Å². The predicted molar refractivity (Wildman–Crippen MR) is 128 cm³/mol. The molecule has 1 aromatic heterocycles. The summed E-state index contributed by atoms with van der Waals surface area (Å²) in [4.78, 5) is 8.77. The summed E-state index contributed by atoms with van der Waals surface area (Å²) in [6.07, 6.45) is 3.82. The zero-order valence-corrected chi connectivity index (χ0v) is 19.1. The van der Waals surface area contributed by atoms with Gasteiger partial charge in [0, 0.05) is 37.5 Å². The molecule has 2 N–H and O–H groups in total. The number of pyridine rings is 1. The fourth-order valence-corrected chi connectivity index (χ4v) is 3.53. The van der Waals surface area contributed by atoms with E-state index in [9.17, 15) is 4.39 Å². The van der Waals surface area contributed by atoms with Crippen LogP contribution >= 0.6 is 35.7 Å². The van der Waals surface area contributed by atoms with Gasteiger partial charge in [-0.15, -0.1) is 24.0 Å². The van der Waals surface area contributed by atoms with E-state index in [1.807, 2.05) is 24.5 Å². The second kappa shape index (κ2) is 11.2. The van der Waals surface area contributed by atoms with E-state index in [0.717, 1.165) is 33.3 Å². The molecule has 0 amide bonds. The van der Waals surface area contributed by atoms with Crippen LogP contribution in [0.15, 0.2) is 59.7 Å². The van der Waals surface area contributed by atoms with Crippen LogP contribution in [0.5, 0.6) is 0 Å². The van der Waals surface area contributed by atoms with Crippen molar-refractivity contribution in [2.75, 3.05) is 13.3 Å². The van der Waals surface area contributed by atoms with Crippen LogP contribution in [-0.2, 0) is 18.8 Å². The fraction of sp³-hybridized carbons (Fsp3) is 0.238. The third-order valence-electron chi connectivity index (χ3n) is 4.30. The van der Waals surface area contributed by atoms with Crippen LogP contribution in [0, 0.1) is 5.82 Å². The van der Waals surface area contributed by atoms with E-state index in [-0.39, 0.29) is 29.8 Å². The minimum atomic E-state index is -0.200. The normalized spacial score (nSPS) is 11.2. The molecule has 1 heterocycles. The standard InChI is InChI=1S/C21H23FN4S.HI/c1-23-21(25-12-16-8-9-19(22)11-18(16)14-27-2)26-13-17-6-3-5-15-7-4-10-24-20(15)17;/h3-11H,12-14H2,1-2H3,(H2,23,25,26);1H. The van der Waals surface area contributed by atoms with Crippen LogP contribution in [0.4, 0.5) is 4.39 Å². The summed E-state index contributed by atoms with van der Waals surface area (Å²) < 4.78 is 13.5. The number of nitrogens with zero attached hydrogens (tertiary/aromatic N) is 2. The maximum Gasteiger partial charge on any atom is 0.191 e. The van der Waals surface area contributed by atoms with Crippen molar-refractivity contribution >= 4 is 52.6 Å². The van der Waals surface area contributed by atoms with Crippen molar-refractivity contribution in [1.82, 2.24) is 15.6 Å². The summed E-state index contributed by atoms with van der Waals surface area (Å²) in [5.74, 6) is 1.28. The number of halogens is 2. The van der Waals surface area contributed by atoms with E-state index in [4.69, 9.17) is 0 Å². The number of thioether (sulfide) groups is 1. The Bertz CT molecular complexity index is 943. The Morgan fingerprint density at radius 2 is 1.79 bits per heavy atom. The molecule has 0 spiro atoms. The molecule has 0 saturated heterocycles. The second-order valence-corrected chi connectivity index (χ2v) is 6.98. The number of rotatable bonds is 6.